The van der Waals surface area contributed by atoms with Crippen molar-refractivity contribution in [3.63, 3.8) is 0 Å². The minimum absolute atomic E-state index is 0.714. The highest BCUT2D eigenvalue weighted by atomic mass is 15.3. The highest BCUT2D eigenvalue weighted by molar-refractivity contribution is 5.53. The lowest BCUT2D eigenvalue weighted by Crippen LogP contribution is -2.31. The van der Waals surface area contributed by atoms with Crippen LogP contribution in [0.3, 0.4) is 0 Å². The van der Waals surface area contributed by atoms with E-state index in [4.69, 9.17) is 9.97 Å². The molecule has 7 heteroatoms. The van der Waals surface area contributed by atoms with Gasteiger partial charge in [-0.05, 0) is 25.0 Å². The second-order valence-electron chi connectivity index (χ2n) is 7.25. The fourth-order valence-electron chi connectivity index (χ4n) is 3.61. The van der Waals surface area contributed by atoms with Crippen molar-refractivity contribution in [1.29, 1.82) is 0 Å². The number of anilines is 1. The standard InChI is InChI=1S/C21H27N7/c1-3-18-13-20(25-21(24-18)19-7-4-5-8-22-19)28-10-6-9-27(11-12-28)16-17-14-23-26(2)15-17/h4-5,7-8,13-15H,3,6,9-12,16H2,1-2H3. The van der Waals surface area contributed by atoms with Crippen molar-refractivity contribution in [2.45, 2.75) is 26.3 Å². The molecule has 0 amide bonds. The third-order valence-corrected chi connectivity index (χ3v) is 5.10. The Bertz CT molecular complexity index is 906. The molecule has 0 N–H and O–H groups in total. The first-order valence-electron chi connectivity index (χ1n) is 9.95. The Kier molecular flexibility index (Phi) is 5.62. The van der Waals surface area contributed by atoms with Crippen LogP contribution >= 0.6 is 0 Å². The molecule has 3 aromatic rings. The zero-order valence-electron chi connectivity index (χ0n) is 16.6. The summed E-state index contributed by atoms with van der Waals surface area (Å²) in [6.45, 7) is 7.15. The minimum Gasteiger partial charge on any atom is -0.355 e. The van der Waals surface area contributed by atoms with Gasteiger partial charge in [-0.1, -0.05) is 13.0 Å². The van der Waals surface area contributed by atoms with Gasteiger partial charge in [0.15, 0.2) is 5.82 Å². The SMILES string of the molecule is CCc1cc(N2CCCN(Cc3cnn(C)c3)CC2)nc(-c2ccccn2)n1. The number of aryl methyl sites for hydroxylation is 2. The predicted molar refractivity (Wildman–Crippen MR) is 110 cm³/mol. The van der Waals surface area contributed by atoms with Crippen molar-refractivity contribution in [2.75, 3.05) is 31.1 Å². The summed E-state index contributed by atoms with van der Waals surface area (Å²) in [7, 11) is 1.97. The van der Waals surface area contributed by atoms with E-state index in [-0.39, 0.29) is 0 Å². The van der Waals surface area contributed by atoms with E-state index in [1.54, 1.807) is 6.20 Å². The zero-order valence-corrected chi connectivity index (χ0v) is 16.6. The van der Waals surface area contributed by atoms with Gasteiger partial charge in [-0.25, -0.2) is 9.97 Å². The predicted octanol–water partition coefficient (Wildman–Crippen LogP) is 2.55. The first kappa shape index (κ1) is 18.6. The van der Waals surface area contributed by atoms with E-state index in [1.807, 2.05) is 36.1 Å². The summed E-state index contributed by atoms with van der Waals surface area (Å²) < 4.78 is 1.87. The molecule has 1 saturated heterocycles. The first-order valence-corrected chi connectivity index (χ1v) is 9.95. The lowest BCUT2D eigenvalue weighted by Gasteiger charge is -2.23. The van der Waals surface area contributed by atoms with Crippen LogP contribution in [0.4, 0.5) is 5.82 Å². The Morgan fingerprint density at radius 3 is 2.75 bits per heavy atom. The highest BCUT2D eigenvalue weighted by Crippen LogP contribution is 2.21. The molecule has 0 radical (unpaired) electrons. The van der Waals surface area contributed by atoms with E-state index in [0.717, 1.165) is 62.8 Å². The summed E-state index contributed by atoms with van der Waals surface area (Å²) in [5.41, 5.74) is 3.15. The molecule has 4 rings (SSSR count). The molecule has 28 heavy (non-hydrogen) atoms. The number of nitrogens with zero attached hydrogens (tertiary/aromatic N) is 7. The van der Waals surface area contributed by atoms with Crippen LogP contribution in [-0.4, -0.2) is 55.8 Å². The van der Waals surface area contributed by atoms with Gasteiger partial charge in [-0.2, -0.15) is 5.10 Å². The largest absolute Gasteiger partial charge is 0.355 e. The molecule has 3 aromatic heterocycles. The number of hydrogen-bond donors (Lipinski definition) is 0. The molecular formula is C21H27N7. The third-order valence-electron chi connectivity index (χ3n) is 5.10. The van der Waals surface area contributed by atoms with Gasteiger partial charge in [-0.15, -0.1) is 0 Å². The van der Waals surface area contributed by atoms with Crippen LogP contribution in [0.1, 0.15) is 24.6 Å². The molecule has 0 spiro atoms. The van der Waals surface area contributed by atoms with Gasteiger partial charge < -0.3 is 4.90 Å². The summed E-state index contributed by atoms with van der Waals surface area (Å²) in [4.78, 5) is 18.9. The summed E-state index contributed by atoms with van der Waals surface area (Å²) in [5.74, 6) is 1.72. The molecule has 0 bridgehead atoms. The fraction of sp³-hybridized carbons (Fsp3) is 0.429. The molecule has 0 atom stereocenters. The number of aromatic nitrogens is 5. The van der Waals surface area contributed by atoms with Gasteiger partial charge in [0.25, 0.3) is 0 Å². The van der Waals surface area contributed by atoms with Crippen LogP contribution in [-0.2, 0) is 20.0 Å². The van der Waals surface area contributed by atoms with Gasteiger partial charge in [0, 0.05) is 69.5 Å². The molecule has 0 unspecified atom stereocenters. The summed E-state index contributed by atoms with van der Waals surface area (Å²) >= 11 is 0. The van der Waals surface area contributed by atoms with Crippen LogP contribution < -0.4 is 4.90 Å². The van der Waals surface area contributed by atoms with Gasteiger partial charge in [0.05, 0.1) is 6.20 Å². The summed E-state index contributed by atoms with van der Waals surface area (Å²) in [6.07, 6.45) is 7.85. The van der Waals surface area contributed by atoms with E-state index < -0.39 is 0 Å². The maximum atomic E-state index is 4.85. The van der Waals surface area contributed by atoms with Crippen molar-refractivity contribution in [3.8, 4) is 11.5 Å². The molecule has 0 saturated carbocycles. The van der Waals surface area contributed by atoms with E-state index >= 15 is 0 Å². The second-order valence-corrected chi connectivity index (χ2v) is 7.25. The molecular weight excluding hydrogens is 350 g/mol. The number of rotatable bonds is 5. The van der Waals surface area contributed by atoms with Crippen molar-refractivity contribution in [3.05, 3.63) is 54.1 Å². The topological polar surface area (TPSA) is 63.0 Å². The van der Waals surface area contributed by atoms with Crippen LogP contribution in [0.15, 0.2) is 42.9 Å². The third kappa shape index (κ3) is 4.36. The molecule has 7 nitrogen and oxygen atoms in total. The minimum atomic E-state index is 0.714. The van der Waals surface area contributed by atoms with E-state index in [2.05, 4.69) is 39.1 Å². The van der Waals surface area contributed by atoms with E-state index in [1.165, 1.54) is 5.56 Å². The quantitative estimate of drug-likeness (QED) is 0.681. The Labute approximate surface area is 166 Å². The Balaban J connectivity index is 1.50. The Hall–Kier alpha value is -2.80. The molecule has 0 aliphatic carbocycles. The van der Waals surface area contributed by atoms with Crippen molar-refractivity contribution < 1.29 is 0 Å². The maximum Gasteiger partial charge on any atom is 0.180 e. The number of hydrogen-bond acceptors (Lipinski definition) is 6. The van der Waals surface area contributed by atoms with Crippen molar-refractivity contribution in [2.24, 2.45) is 7.05 Å². The number of pyridine rings is 1. The normalized spacial score (nSPS) is 15.6. The van der Waals surface area contributed by atoms with Gasteiger partial charge in [-0.3, -0.25) is 14.6 Å². The maximum absolute atomic E-state index is 4.85. The van der Waals surface area contributed by atoms with Crippen LogP contribution in [0.2, 0.25) is 0 Å². The lowest BCUT2D eigenvalue weighted by molar-refractivity contribution is 0.285. The van der Waals surface area contributed by atoms with Crippen molar-refractivity contribution >= 4 is 5.82 Å². The van der Waals surface area contributed by atoms with Gasteiger partial charge >= 0.3 is 0 Å². The van der Waals surface area contributed by atoms with Crippen LogP contribution in [0, 0.1) is 0 Å². The fourth-order valence-corrected chi connectivity index (χ4v) is 3.61. The summed E-state index contributed by atoms with van der Waals surface area (Å²) in [5, 5.41) is 4.28. The van der Waals surface area contributed by atoms with Crippen molar-refractivity contribution in [1.82, 2.24) is 29.6 Å². The molecule has 1 aliphatic rings. The monoisotopic (exact) mass is 377 g/mol. The lowest BCUT2D eigenvalue weighted by atomic mass is 10.2. The average molecular weight is 377 g/mol. The zero-order chi connectivity index (χ0) is 19.3. The van der Waals surface area contributed by atoms with E-state index in [0.29, 0.717) is 5.82 Å². The Morgan fingerprint density at radius 2 is 2.00 bits per heavy atom. The molecule has 0 aromatic carbocycles. The molecule has 4 heterocycles. The molecule has 146 valence electrons. The first-order chi connectivity index (χ1) is 13.7. The van der Waals surface area contributed by atoms with Crippen LogP contribution in [0.5, 0.6) is 0 Å². The second kappa shape index (κ2) is 8.48. The molecule has 1 aliphatic heterocycles. The Morgan fingerprint density at radius 1 is 1.07 bits per heavy atom. The highest BCUT2D eigenvalue weighted by Gasteiger charge is 2.18. The van der Waals surface area contributed by atoms with Gasteiger partial charge in [0.2, 0.25) is 0 Å². The average Bonchev–Trinajstić information content (AvgIpc) is 3.00. The van der Waals surface area contributed by atoms with Crippen LogP contribution in [0.25, 0.3) is 11.5 Å². The van der Waals surface area contributed by atoms with E-state index in [9.17, 15) is 0 Å². The smallest absolute Gasteiger partial charge is 0.180 e. The summed E-state index contributed by atoms with van der Waals surface area (Å²) in [6, 6.07) is 7.99. The molecule has 1 fully saturated rings. The van der Waals surface area contributed by atoms with Gasteiger partial charge in [0.1, 0.15) is 11.5 Å².